The highest BCUT2D eigenvalue weighted by Gasteiger charge is 2.42. The van der Waals surface area contributed by atoms with Gasteiger partial charge in [-0.15, -0.1) is 11.3 Å². The van der Waals surface area contributed by atoms with Gasteiger partial charge in [0.05, 0.1) is 11.6 Å². The first-order chi connectivity index (χ1) is 7.97. The second-order valence-electron chi connectivity index (χ2n) is 4.48. The lowest BCUT2D eigenvalue weighted by atomic mass is 9.89. The van der Waals surface area contributed by atoms with Crippen molar-refractivity contribution in [3.63, 3.8) is 0 Å². The second kappa shape index (κ2) is 3.48. The second-order valence-corrected chi connectivity index (χ2v) is 5.32. The lowest BCUT2D eigenvalue weighted by molar-refractivity contribution is -0.177. The van der Waals surface area contributed by atoms with E-state index in [1.807, 2.05) is 16.7 Å². The maximum absolute atomic E-state index is 12.7. The van der Waals surface area contributed by atoms with Gasteiger partial charge in [0.15, 0.2) is 4.96 Å². The van der Waals surface area contributed by atoms with Gasteiger partial charge in [0.25, 0.3) is 0 Å². The van der Waals surface area contributed by atoms with Gasteiger partial charge in [-0.05, 0) is 19.8 Å². The van der Waals surface area contributed by atoms with Crippen LogP contribution in [0.3, 0.4) is 0 Å². The third kappa shape index (κ3) is 1.66. The van der Waals surface area contributed by atoms with Gasteiger partial charge >= 0.3 is 6.18 Å². The van der Waals surface area contributed by atoms with Crippen LogP contribution in [0.5, 0.6) is 0 Å². The standard InChI is InChI=1S/C11H11F3N2S/c1-6-5-17-10-15-8-3-2-7(11(12,13)14)4-9(8)16(6)10/h5,7H,2-4H2,1H3. The molecule has 0 aromatic carbocycles. The van der Waals surface area contributed by atoms with Crippen molar-refractivity contribution < 1.29 is 13.2 Å². The minimum Gasteiger partial charge on any atom is -0.292 e. The molecule has 1 atom stereocenters. The number of fused-ring (bicyclic) bond motifs is 3. The van der Waals surface area contributed by atoms with Crippen molar-refractivity contribution in [1.82, 2.24) is 9.38 Å². The van der Waals surface area contributed by atoms with E-state index in [0.717, 1.165) is 22.0 Å². The summed E-state index contributed by atoms with van der Waals surface area (Å²) in [4.78, 5) is 5.22. The highest BCUT2D eigenvalue weighted by Crippen LogP contribution is 2.38. The Labute approximate surface area is 100 Å². The molecule has 6 heteroatoms. The maximum atomic E-state index is 12.7. The van der Waals surface area contributed by atoms with Gasteiger partial charge < -0.3 is 0 Å². The first-order valence-electron chi connectivity index (χ1n) is 5.48. The monoisotopic (exact) mass is 260 g/mol. The smallest absolute Gasteiger partial charge is 0.292 e. The molecule has 92 valence electrons. The molecule has 0 spiro atoms. The molecule has 1 aliphatic carbocycles. The van der Waals surface area contributed by atoms with Crippen molar-refractivity contribution in [2.45, 2.75) is 32.4 Å². The summed E-state index contributed by atoms with van der Waals surface area (Å²) in [5.74, 6) is -1.21. The van der Waals surface area contributed by atoms with E-state index in [-0.39, 0.29) is 12.8 Å². The van der Waals surface area contributed by atoms with Gasteiger partial charge in [0.2, 0.25) is 0 Å². The van der Waals surface area contributed by atoms with E-state index < -0.39 is 12.1 Å². The molecule has 2 aromatic heterocycles. The van der Waals surface area contributed by atoms with Crippen LogP contribution in [0.4, 0.5) is 13.2 Å². The summed E-state index contributed by atoms with van der Waals surface area (Å²) in [7, 11) is 0. The molecule has 0 fully saturated rings. The molecule has 0 bridgehead atoms. The summed E-state index contributed by atoms with van der Waals surface area (Å²) in [6.45, 7) is 1.91. The molecule has 2 aromatic rings. The van der Waals surface area contributed by atoms with E-state index in [1.165, 1.54) is 11.3 Å². The highest BCUT2D eigenvalue weighted by atomic mass is 32.1. The van der Waals surface area contributed by atoms with Crippen LogP contribution in [0.2, 0.25) is 0 Å². The predicted molar refractivity (Wildman–Crippen MR) is 59.4 cm³/mol. The Morgan fingerprint density at radius 3 is 2.94 bits per heavy atom. The zero-order chi connectivity index (χ0) is 12.2. The number of thiazole rings is 1. The minimum atomic E-state index is -4.09. The molecule has 0 saturated heterocycles. The number of aryl methyl sites for hydroxylation is 2. The van der Waals surface area contributed by atoms with Crippen molar-refractivity contribution in [1.29, 1.82) is 0 Å². The fourth-order valence-electron chi connectivity index (χ4n) is 2.44. The maximum Gasteiger partial charge on any atom is 0.392 e. The topological polar surface area (TPSA) is 17.3 Å². The average Bonchev–Trinajstić information content (AvgIpc) is 2.76. The number of hydrogen-bond acceptors (Lipinski definition) is 2. The molecule has 2 nitrogen and oxygen atoms in total. The highest BCUT2D eigenvalue weighted by molar-refractivity contribution is 7.15. The Balaban J connectivity index is 2.08. The van der Waals surface area contributed by atoms with E-state index in [2.05, 4.69) is 4.98 Å². The molecule has 0 saturated carbocycles. The summed E-state index contributed by atoms with van der Waals surface area (Å²) in [6, 6.07) is 0. The Morgan fingerprint density at radius 2 is 2.24 bits per heavy atom. The number of aromatic nitrogens is 2. The Bertz CT molecular complexity index is 567. The number of rotatable bonds is 0. The fraction of sp³-hybridized carbons (Fsp3) is 0.545. The molecule has 0 radical (unpaired) electrons. The minimum absolute atomic E-state index is 0.0670. The van der Waals surface area contributed by atoms with Crippen molar-refractivity contribution in [2.24, 2.45) is 5.92 Å². The summed E-state index contributed by atoms with van der Waals surface area (Å²) in [6.07, 6.45) is -3.42. The number of nitrogens with zero attached hydrogens (tertiary/aromatic N) is 2. The number of hydrogen-bond donors (Lipinski definition) is 0. The first-order valence-corrected chi connectivity index (χ1v) is 6.36. The predicted octanol–water partition coefficient (Wildman–Crippen LogP) is 3.37. The summed E-state index contributed by atoms with van der Waals surface area (Å²) in [5.41, 5.74) is 2.58. The van der Waals surface area contributed by atoms with Gasteiger partial charge in [-0.1, -0.05) is 0 Å². The van der Waals surface area contributed by atoms with Crippen LogP contribution >= 0.6 is 11.3 Å². The average molecular weight is 260 g/mol. The molecule has 0 aliphatic heterocycles. The molecule has 17 heavy (non-hydrogen) atoms. The Morgan fingerprint density at radius 1 is 1.47 bits per heavy atom. The third-order valence-corrected chi connectivity index (χ3v) is 4.29. The number of imidazole rings is 1. The summed E-state index contributed by atoms with van der Waals surface area (Å²) >= 11 is 1.49. The van der Waals surface area contributed by atoms with Gasteiger partial charge in [-0.3, -0.25) is 4.40 Å². The number of alkyl halides is 3. The van der Waals surface area contributed by atoms with Gasteiger partial charge in [-0.2, -0.15) is 13.2 Å². The van der Waals surface area contributed by atoms with Crippen molar-refractivity contribution in [2.75, 3.05) is 0 Å². The number of halogens is 3. The fourth-order valence-corrected chi connectivity index (χ4v) is 3.35. The van der Waals surface area contributed by atoms with Crippen LogP contribution < -0.4 is 0 Å². The molecule has 1 unspecified atom stereocenters. The third-order valence-electron chi connectivity index (χ3n) is 3.34. The molecule has 0 N–H and O–H groups in total. The van der Waals surface area contributed by atoms with E-state index in [1.54, 1.807) is 0 Å². The quantitative estimate of drug-likeness (QED) is 0.710. The Kier molecular flexibility index (Phi) is 2.26. The van der Waals surface area contributed by atoms with Crippen molar-refractivity contribution in [3.05, 3.63) is 22.5 Å². The molecule has 2 heterocycles. The molecule has 0 amide bonds. The van der Waals surface area contributed by atoms with Crippen molar-refractivity contribution >= 4 is 16.3 Å². The van der Waals surface area contributed by atoms with Crippen LogP contribution in [0, 0.1) is 12.8 Å². The van der Waals surface area contributed by atoms with Gasteiger partial charge in [-0.25, -0.2) is 4.98 Å². The van der Waals surface area contributed by atoms with Crippen LogP contribution in [0.15, 0.2) is 5.38 Å². The zero-order valence-electron chi connectivity index (χ0n) is 9.21. The van der Waals surface area contributed by atoms with E-state index in [4.69, 9.17) is 0 Å². The normalized spacial score (nSPS) is 20.8. The SMILES string of the molecule is Cc1csc2nc3c(n12)CC(C(F)(F)F)CC3. The molecule has 1 aliphatic rings. The van der Waals surface area contributed by atoms with Crippen LogP contribution in [-0.2, 0) is 12.8 Å². The van der Waals surface area contributed by atoms with Crippen LogP contribution in [0.1, 0.15) is 23.5 Å². The largest absolute Gasteiger partial charge is 0.392 e. The molecular formula is C11H11F3N2S. The van der Waals surface area contributed by atoms with E-state index in [9.17, 15) is 13.2 Å². The lowest BCUT2D eigenvalue weighted by Gasteiger charge is -2.24. The molecule has 3 rings (SSSR count). The van der Waals surface area contributed by atoms with Crippen LogP contribution in [-0.4, -0.2) is 15.6 Å². The first kappa shape index (κ1) is 11.1. The summed E-state index contributed by atoms with van der Waals surface area (Å²) in [5, 5.41) is 1.93. The van der Waals surface area contributed by atoms with Gasteiger partial charge in [0.1, 0.15) is 0 Å². The summed E-state index contributed by atoms with van der Waals surface area (Å²) < 4.78 is 40.1. The van der Waals surface area contributed by atoms with Gasteiger partial charge in [0, 0.05) is 23.2 Å². The zero-order valence-corrected chi connectivity index (χ0v) is 10.0. The Hall–Kier alpha value is -1.04. The molecular weight excluding hydrogens is 249 g/mol. The van der Waals surface area contributed by atoms with Crippen molar-refractivity contribution in [3.8, 4) is 0 Å². The van der Waals surface area contributed by atoms with Crippen LogP contribution in [0.25, 0.3) is 4.96 Å². The van der Waals surface area contributed by atoms with E-state index in [0.29, 0.717) is 6.42 Å². The lowest BCUT2D eigenvalue weighted by Crippen LogP contribution is -2.29. The van der Waals surface area contributed by atoms with E-state index >= 15 is 0 Å².